The van der Waals surface area contributed by atoms with Crippen molar-refractivity contribution in [3.8, 4) is 0 Å². The Kier molecular flexibility index (Phi) is 1.09. The third-order valence-corrected chi connectivity index (χ3v) is 1.64. The minimum absolute atomic E-state index is 0.0718. The predicted octanol–water partition coefficient (Wildman–Crippen LogP) is 0.0330. The average Bonchev–Trinajstić information content (AvgIpc) is 2.45. The van der Waals surface area contributed by atoms with Crippen molar-refractivity contribution in [3.63, 3.8) is 0 Å². The van der Waals surface area contributed by atoms with Gasteiger partial charge in [0.2, 0.25) is 0 Å². The zero-order valence-corrected chi connectivity index (χ0v) is 6.06. The van der Waals surface area contributed by atoms with Crippen LogP contribution in [0.2, 0.25) is 0 Å². The molecule has 56 valence electrons. The van der Waals surface area contributed by atoms with E-state index in [-0.39, 0.29) is 5.56 Å². The summed E-state index contributed by atoms with van der Waals surface area (Å²) in [6.45, 7) is 0. The van der Waals surface area contributed by atoms with Crippen LogP contribution < -0.4 is 5.56 Å². The van der Waals surface area contributed by atoms with Crippen LogP contribution in [0.1, 0.15) is 0 Å². The lowest BCUT2D eigenvalue weighted by molar-refractivity contribution is 0.690. The topological polar surface area (TPSA) is 39.3 Å². The molecule has 0 saturated carbocycles. The SMILES string of the molecule is Cn1ncn2cccc2c1=O. The van der Waals surface area contributed by atoms with Crippen LogP contribution >= 0.6 is 0 Å². The van der Waals surface area contributed by atoms with Crippen molar-refractivity contribution in [2.45, 2.75) is 0 Å². The van der Waals surface area contributed by atoms with Crippen LogP contribution in [0.25, 0.3) is 5.52 Å². The molecule has 0 fully saturated rings. The minimum Gasteiger partial charge on any atom is -0.301 e. The molecule has 0 atom stereocenters. The van der Waals surface area contributed by atoms with Crippen LogP contribution in [0.15, 0.2) is 29.5 Å². The van der Waals surface area contributed by atoms with Gasteiger partial charge in [-0.2, -0.15) is 5.10 Å². The van der Waals surface area contributed by atoms with Gasteiger partial charge in [0.25, 0.3) is 5.56 Å². The summed E-state index contributed by atoms with van der Waals surface area (Å²) in [7, 11) is 1.63. The van der Waals surface area contributed by atoms with Crippen LogP contribution in [0, 0.1) is 0 Å². The fraction of sp³-hybridized carbons (Fsp3) is 0.143. The third kappa shape index (κ3) is 0.756. The molecule has 2 rings (SSSR count). The number of aryl methyl sites for hydroxylation is 1. The Balaban J connectivity index is 3.05. The smallest absolute Gasteiger partial charge is 0.290 e. The van der Waals surface area contributed by atoms with Crippen molar-refractivity contribution in [2.75, 3.05) is 0 Å². The Morgan fingerprint density at radius 1 is 1.55 bits per heavy atom. The van der Waals surface area contributed by atoms with Gasteiger partial charge in [0.1, 0.15) is 11.8 Å². The van der Waals surface area contributed by atoms with Crippen LogP contribution in [0.5, 0.6) is 0 Å². The highest BCUT2D eigenvalue weighted by Crippen LogP contribution is 1.93. The van der Waals surface area contributed by atoms with Gasteiger partial charge in [-0.05, 0) is 12.1 Å². The van der Waals surface area contributed by atoms with Crippen LogP contribution in [-0.2, 0) is 7.05 Å². The Hall–Kier alpha value is -1.58. The second-order valence-corrected chi connectivity index (χ2v) is 2.36. The van der Waals surface area contributed by atoms with Gasteiger partial charge in [0.15, 0.2) is 0 Å². The lowest BCUT2D eigenvalue weighted by atomic mass is 10.5. The number of fused-ring (bicyclic) bond motifs is 1. The molecule has 0 radical (unpaired) electrons. The van der Waals surface area contributed by atoms with Crippen LogP contribution in [0.4, 0.5) is 0 Å². The molecule has 0 aliphatic carbocycles. The van der Waals surface area contributed by atoms with E-state index < -0.39 is 0 Å². The summed E-state index contributed by atoms with van der Waals surface area (Å²) >= 11 is 0. The molecule has 2 aromatic rings. The lowest BCUT2D eigenvalue weighted by Crippen LogP contribution is -2.20. The first-order valence-electron chi connectivity index (χ1n) is 3.28. The van der Waals surface area contributed by atoms with Crippen molar-refractivity contribution >= 4 is 5.52 Å². The molecule has 0 N–H and O–H groups in total. The Labute approximate surface area is 62.7 Å². The van der Waals surface area contributed by atoms with E-state index in [4.69, 9.17) is 0 Å². The van der Waals surface area contributed by atoms with E-state index in [1.807, 2.05) is 6.07 Å². The first kappa shape index (κ1) is 6.15. The lowest BCUT2D eigenvalue weighted by Gasteiger charge is -1.95. The molecule has 0 aliphatic rings. The summed E-state index contributed by atoms with van der Waals surface area (Å²) in [5.41, 5.74) is 0.583. The van der Waals surface area contributed by atoms with E-state index in [1.54, 1.807) is 30.0 Å². The number of hydrogen-bond donors (Lipinski definition) is 0. The second kappa shape index (κ2) is 1.95. The molecule has 0 saturated heterocycles. The van der Waals surface area contributed by atoms with Gasteiger partial charge < -0.3 is 4.40 Å². The molecule has 4 nitrogen and oxygen atoms in total. The molecule has 0 bridgehead atoms. The highest BCUT2D eigenvalue weighted by atomic mass is 16.1. The van der Waals surface area contributed by atoms with E-state index in [0.29, 0.717) is 5.52 Å². The van der Waals surface area contributed by atoms with Gasteiger partial charge in [-0.1, -0.05) is 0 Å². The standard InChI is InChI=1S/C7H7N3O/c1-9-7(11)6-3-2-4-10(6)5-8-9/h2-5H,1H3. The number of aromatic nitrogens is 3. The van der Waals surface area contributed by atoms with Crippen molar-refractivity contribution < 1.29 is 0 Å². The summed E-state index contributed by atoms with van der Waals surface area (Å²) in [4.78, 5) is 11.3. The summed E-state index contributed by atoms with van der Waals surface area (Å²) in [6.07, 6.45) is 3.40. The number of hydrogen-bond acceptors (Lipinski definition) is 2. The first-order chi connectivity index (χ1) is 5.29. The monoisotopic (exact) mass is 149 g/mol. The van der Waals surface area contributed by atoms with Gasteiger partial charge >= 0.3 is 0 Å². The summed E-state index contributed by atoms with van der Waals surface area (Å²) in [5.74, 6) is 0. The Morgan fingerprint density at radius 2 is 2.36 bits per heavy atom. The molecular weight excluding hydrogens is 142 g/mol. The molecule has 4 heteroatoms. The highest BCUT2D eigenvalue weighted by Gasteiger charge is 1.97. The van der Waals surface area contributed by atoms with Crippen molar-refractivity contribution in [1.29, 1.82) is 0 Å². The van der Waals surface area contributed by atoms with Gasteiger partial charge in [-0.25, -0.2) is 4.68 Å². The predicted molar refractivity (Wildman–Crippen MR) is 40.4 cm³/mol. The average molecular weight is 149 g/mol. The maximum atomic E-state index is 11.3. The van der Waals surface area contributed by atoms with E-state index in [9.17, 15) is 4.79 Å². The summed E-state index contributed by atoms with van der Waals surface area (Å²) in [6, 6.07) is 3.59. The summed E-state index contributed by atoms with van der Waals surface area (Å²) in [5, 5.41) is 3.85. The molecule has 0 aromatic carbocycles. The van der Waals surface area contributed by atoms with Gasteiger partial charge in [-0.3, -0.25) is 4.79 Å². The van der Waals surface area contributed by atoms with Crippen molar-refractivity contribution in [1.82, 2.24) is 14.2 Å². The van der Waals surface area contributed by atoms with Crippen LogP contribution in [0.3, 0.4) is 0 Å². The maximum Gasteiger partial charge on any atom is 0.290 e. The first-order valence-corrected chi connectivity index (χ1v) is 3.28. The van der Waals surface area contributed by atoms with Gasteiger partial charge in [0, 0.05) is 13.2 Å². The van der Waals surface area contributed by atoms with Gasteiger partial charge in [-0.15, -0.1) is 0 Å². The second-order valence-electron chi connectivity index (χ2n) is 2.36. The zero-order chi connectivity index (χ0) is 7.84. The van der Waals surface area contributed by atoms with E-state index in [0.717, 1.165) is 0 Å². The maximum absolute atomic E-state index is 11.3. The Bertz CT molecular complexity index is 440. The van der Waals surface area contributed by atoms with E-state index >= 15 is 0 Å². The molecule has 2 aromatic heterocycles. The van der Waals surface area contributed by atoms with Crippen molar-refractivity contribution in [2.24, 2.45) is 7.05 Å². The number of rotatable bonds is 0. The van der Waals surface area contributed by atoms with Crippen LogP contribution in [-0.4, -0.2) is 14.2 Å². The largest absolute Gasteiger partial charge is 0.301 e. The number of nitrogens with zero attached hydrogens (tertiary/aromatic N) is 3. The normalized spacial score (nSPS) is 10.6. The molecule has 0 amide bonds. The molecule has 11 heavy (non-hydrogen) atoms. The van der Waals surface area contributed by atoms with Gasteiger partial charge in [0.05, 0.1) is 0 Å². The van der Waals surface area contributed by atoms with E-state index in [1.165, 1.54) is 4.68 Å². The van der Waals surface area contributed by atoms with Crippen molar-refractivity contribution in [3.05, 3.63) is 35.0 Å². The fourth-order valence-electron chi connectivity index (χ4n) is 1.03. The molecule has 0 aliphatic heterocycles. The molecule has 0 spiro atoms. The fourth-order valence-corrected chi connectivity index (χ4v) is 1.03. The summed E-state index contributed by atoms with van der Waals surface area (Å²) < 4.78 is 3.01. The zero-order valence-electron chi connectivity index (χ0n) is 6.06. The minimum atomic E-state index is -0.0718. The molecular formula is C7H7N3O. The molecule has 0 unspecified atom stereocenters. The Morgan fingerprint density at radius 3 is 3.18 bits per heavy atom. The highest BCUT2D eigenvalue weighted by molar-refractivity contribution is 5.43. The van der Waals surface area contributed by atoms with E-state index in [2.05, 4.69) is 5.10 Å². The third-order valence-electron chi connectivity index (χ3n) is 1.64. The molecule has 2 heterocycles. The quantitative estimate of drug-likeness (QED) is 0.530.